The van der Waals surface area contributed by atoms with Gasteiger partial charge in [-0.2, -0.15) is 0 Å². The molecule has 0 radical (unpaired) electrons. The zero-order valence-electron chi connectivity index (χ0n) is 52.5. The fraction of sp³-hybridized carbons (Fsp3) is 0.0217. The van der Waals surface area contributed by atoms with Crippen molar-refractivity contribution >= 4 is 92.9 Å². The van der Waals surface area contributed by atoms with Crippen LogP contribution in [0.3, 0.4) is 0 Å². The minimum Gasteiger partial charge on any atom is -0.311 e. The van der Waals surface area contributed by atoms with Gasteiger partial charge in [0.25, 0.3) is 0 Å². The molecule has 0 bridgehead atoms. The van der Waals surface area contributed by atoms with Gasteiger partial charge >= 0.3 is 0 Å². The van der Waals surface area contributed by atoms with E-state index in [1.165, 1.54) is 160 Å². The molecular weight excluding hydrogens is 1160 g/mol. The number of nitrogens with zero attached hydrogens (tertiary/aromatic N) is 4. The van der Waals surface area contributed by atoms with Gasteiger partial charge in [0.05, 0.1) is 49.5 Å². The number of fused-ring (bicyclic) bond motifs is 16. The lowest BCUT2D eigenvalue weighted by atomic mass is 9.67. The van der Waals surface area contributed by atoms with Crippen molar-refractivity contribution in [1.29, 1.82) is 0 Å². The van der Waals surface area contributed by atoms with E-state index >= 15 is 0 Å². The molecule has 20 rings (SSSR count). The highest BCUT2D eigenvalue weighted by Crippen LogP contribution is 2.60. The summed E-state index contributed by atoms with van der Waals surface area (Å²) >= 11 is 0. The summed E-state index contributed by atoms with van der Waals surface area (Å²) in [4.78, 5) is 0. The minimum absolute atomic E-state index is 0.718. The largest absolute Gasteiger partial charge is 0.311 e. The van der Waals surface area contributed by atoms with Crippen LogP contribution in [0.25, 0.3) is 154 Å². The molecule has 0 atom stereocenters. The molecule has 0 unspecified atom stereocenters. The standard InChI is InChI=1S/C92H60N4/c1-2-5-24-67(23-4-1)96-87-42-21-14-33-77(87)89-78(59-79-74-31-13-20-41-86(74)95(90(79)91(89)96)66-25-6-3-7-26-66)75-34-22-36-81-88(75)76-32-8-15-35-80(76)92(81,64-51-43-60(44-52-64)62-47-55-68(56-48-62)93-82-37-16-9-27-70(82)71-28-10-17-38-83(71)93)65-53-45-61(46-54-65)63-49-57-69(58-50-63)94-84-39-18-11-29-72(84)73-30-12-19-40-85(73)94/h1-23,25-59H,24H2. The molecular formula is C92H60N4. The molecule has 0 N–H and O–H groups in total. The molecule has 0 fully saturated rings. The number of para-hydroxylation sites is 7. The summed E-state index contributed by atoms with van der Waals surface area (Å²) in [6, 6.07) is 120. The van der Waals surface area contributed by atoms with Gasteiger partial charge in [0.1, 0.15) is 0 Å². The van der Waals surface area contributed by atoms with Crippen molar-refractivity contribution < 1.29 is 0 Å². The molecule has 0 aliphatic heterocycles. The smallest absolute Gasteiger partial charge is 0.0792 e. The molecule has 0 spiro atoms. The first kappa shape index (κ1) is 54.1. The van der Waals surface area contributed by atoms with Crippen molar-refractivity contribution in [2.45, 2.75) is 11.8 Å². The number of rotatable bonds is 9. The van der Waals surface area contributed by atoms with Crippen molar-refractivity contribution in [3.05, 3.63) is 374 Å². The summed E-state index contributed by atoms with van der Waals surface area (Å²) in [5.41, 5.74) is 28.0. The molecule has 18 aromatic rings. The summed E-state index contributed by atoms with van der Waals surface area (Å²) in [6.07, 6.45) is 11.9. The Morgan fingerprint density at radius 3 is 1.20 bits per heavy atom. The summed E-state index contributed by atoms with van der Waals surface area (Å²) in [5.74, 6) is 0. The molecule has 4 heteroatoms. The normalized spacial score (nSPS) is 13.4. The average Bonchev–Trinajstić information content (AvgIpc) is 1.52. The van der Waals surface area contributed by atoms with E-state index in [1.54, 1.807) is 0 Å². The lowest BCUT2D eigenvalue weighted by Gasteiger charge is -2.34. The Hall–Kier alpha value is -12.5. The van der Waals surface area contributed by atoms with Crippen LogP contribution in [0.5, 0.6) is 0 Å². The monoisotopic (exact) mass is 1220 g/mol. The third-order valence-electron chi connectivity index (χ3n) is 20.9. The van der Waals surface area contributed by atoms with Gasteiger partial charge in [-0.1, -0.05) is 267 Å². The van der Waals surface area contributed by atoms with Gasteiger partial charge in [-0.05, 0) is 152 Å². The molecule has 4 heterocycles. The van der Waals surface area contributed by atoms with Crippen molar-refractivity contribution in [3.8, 4) is 61.6 Å². The Bertz CT molecular complexity index is 5990. The van der Waals surface area contributed by atoms with Crippen molar-refractivity contribution in [3.63, 3.8) is 0 Å². The molecule has 0 saturated carbocycles. The predicted octanol–water partition coefficient (Wildman–Crippen LogP) is 23.8. The van der Waals surface area contributed by atoms with Crippen LogP contribution in [0.1, 0.15) is 28.7 Å². The van der Waals surface area contributed by atoms with Crippen molar-refractivity contribution in [1.82, 2.24) is 18.3 Å². The van der Waals surface area contributed by atoms with E-state index in [0.717, 1.165) is 23.5 Å². The van der Waals surface area contributed by atoms with Gasteiger partial charge in [-0.25, -0.2) is 0 Å². The van der Waals surface area contributed by atoms with Crippen LogP contribution in [0.4, 0.5) is 0 Å². The Labute approximate surface area is 555 Å². The second-order valence-corrected chi connectivity index (χ2v) is 25.8. The average molecular weight is 1220 g/mol. The Kier molecular flexibility index (Phi) is 12.0. The topological polar surface area (TPSA) is 19.7 Å². The molecule has 2 aliphatic rings. The van der Waals surface area contributed by atoms with Gasteiger partial charge in [0, 0.05) is 72.3 Å². The van der Waals surface area contributed by atoms with Gasteiger partial charge in [-0.3, -0.25) is 0 Å². The summed E-state index contributed by atoms with van der Waals surface area (Å²) in [6.45, 7) is 0. The van der Waals surface area contributed by atoms with E-state index in [9.17, 15) is 0 Å². The lowest BCUT2D eigenvalue weighted by Crippen LogP contribution is -2.28. The minimum atomic E-state index is -0.718. The summed E-state index contributed by atoms with van der Waals surface area (Å²) < 4.78 is 9.88. The number of hydrogen-bond acceptors (Lipinski definition) is 0. The summed E-state index contributed by atoms with van der Waals surface area (Å²) in [7, 11) is 0. The number of hydrogen-bond donors (Lipinski definition) is 0. The Morgan fingerprint density at radius 1 is 0.260 bits per heavy atom. The first-order valence-corrected chi connectivity index (χ1v) is 33.4. The molecule has 0 saturated heterocycles. The third-order valence-corrected chi connectivity index (χ3v) is 20.9. The molecule has 448 valence electrons. The van der Waals surface area contributed by atoms with E-state index in [0.29, 0.717) is 0 Å². The first-order chi connectivity index (χ1) is 47.7. The number of aromatic nitrogens is 4. The zero-order valence-corrected chi connectivity index (χ0v) is 52.5. The van der Waals surface area contributed by atoms with E-state index in [-0.39, 0.29) is 0 Å². The van der Waals surface area contributed by atoms with Gasteiger partial charge in [-0.15, -0.1) is 0 Å². The van der Waals surface area contributed by atoms with Crippen molar-refractivity contribution in [2.24, 2.45) is 0 Å². The van der Waals surface area contributed by atoms with E-state index < -0.39 is 5.41 Å². The molecule has 4 nitrogen and oxygen atoms in total. The van der Waals surface area contributed by atoms with Crippen LogP contribution in [-0.2, 0) is 5.41 Å². The molecule has 96 heavy (non-hydrogen) atoms. The predicted molar refractivity (Wildman–Crippen MR) is 403 cm³/mol. The van der Waals surface area contributed by atoms with E-state index in [4.69, 9.17) is 0 Å². The maximum atomic E-state index is 2.58. The Balaban J connectivity index is 0.798. The molecule has 14 aromatic carbocycles. The Morgan fingerprint density at radius 2 is 0.667 bits per heavy atom. The zero-order chi connectivity index (χ0) is 63.0. The van der Waals surface area contributed by atoms with Crippen LogP contribution in [0.15, 0.2) is 352 Å². The second-order valence-electron chi connectivity index (χ2n) is 25.8. The van der Waals surface area contributed by atoms with Crippen molar-refractivity contribution in [2.75, 3.05) is 0 Å². The van der Waals surface area contributed by atoms with Gasteiger partial charge < -0.3 is 18.3 Å². The fourth-order valence-electron chi connectivity index (χ4n) is 16.9. The van der Waals surface area contributed by atoms with Gasteiger partial charge in [0.15, 0.2) is 0 Å². The maximum Gasteiger partial charge on any atom is 0.0792 e. The second kappa shape index (κ2) is 21.3. The first-order valence-electron chi connectivity index (χ1n) is 33.4. The third kappa shape index (κ3) is 7.84. The number of allylic oxidation sites excluding steroid dienone is 6. The van der Waals surface area contributed by atoms with Crippen LogP contribution in [-0.4, -0.2) is 18.3 Å². The van der Waals surface area contributed by atoms with Crippen LogP contribution >= 0.6 is 0 Å². The van der Waals surface area contributed by atoms with E-state index in [2.05, 4.69) is 370 Å². The lowest BCUT2D eigenvalue weighted by molar-refractivity contribution is 0.769. The highest BCUT2D eigenvalue weighted by molar-refractivity contribution is 6.29. The van der Waals surface area contributed by atoms with Gasteiger partial charge in [0.2, 0.25) is 0 Å². The SMILES string of the molecule is C1=CC=C(n2c3ccccc3c3c(-c4cccc5c4-c4ccccc4C5(c4ccc(-c5ccc(-n6c7ccccc7c7ccccc76)cc5)cc4)c4ccc(-c5ccc(-n6c7ccccc7c7ccccc76)cc5)cc4)cc4c5ccccc5n(-c5ccccc5)c4c32)CC=C1. The highest BCUT2D eigenvalue weighted by Gasteiger charge is 2.47. The molecule has 4 aromatic heterocycles. The van der Waals surface area contributed by atoms with E-state index in [1.807, 2.05) is 0 Å². The fourth-order valence-corrected chi connectivity index (χ4v) is 16.9. The quantitative estimate of drug-likeness (QED) is 0.137. The van der Waals surface area contributed by atoms with Crippen LogP contribution < -0.4 is 0 Å². The number of benzene rings is 14. The molecule has 0 amide bonds. The maximum absolute atomic E-state index is 2.58. The summed E-state index contributed by atoms with van der Waals surface area (Å²) in [5, 5.41) is 9.94. The van der Waals surface area contributed by atoms with Crippen LogP contribution in [0.2, 0.25) is 0 Å². The van der Waals surface area contributed by atoms with Crippen LogP contribution in [0, 0.1) is 0 Å². The highest BCUT2D eigenvalue weighted by atomic mass is 15.1. The molecule has 2 aliphatic carbocycles.